The van der Waals surface area contributed by atoms with Gasteiger partial charge in [0.2, 0.25) is 0 Å². The molecule has 0 spiro atoms. The van der Waals surface area contributed by atoms with Crippen molar-refractivity contribution in [3.63, 3.8) is 0 Å². The SMILES string of the molecule is CCC[N-]CCC.CCC[N-]CCC.CCC[N-]CCC.[CH2-]c1ccccc1.[Zr+4]. The van der Waals surface area contributed by atoms with E-state index >= 15 is 0 Å². The Hall–Kier alpha value is -0.147. The van der Waals surface area contributed by atoms with Crippen molar-refractivity contribution in [3.8, 4) is 0 Å². The zero-order valence-electron chi connectivity index (χ0n) is 20.4. The molecule has 0 aliphatic heterocycles. The van der Waals surface area contributed by atoms with Crippen LogP contribution < -0.4 is 0 Å². The van der Waals surface area contributed by atoms with Gasteiger partial charge in [-0.05, 0) is 0 Å². The third-order valence-corrected chi connectivity index (χ3v) is 3.13. The molecule has 0 atom stereocenters. The van der Waals surface area contributed by atoms with E-state index in [1.807, 2.05) is 30.3 Å². The Labute approximate surface area is 203 Å². The van der Waals surface area contributed by atoms with Crippen molar-refractivity contribution < 1.29 is 26.2 Å². The van der Waals surface area contributed by atoms with Gasteiger partial charge in [-0.2, -0.15) is 24.6 Å². The quantitative estimate of drug-likeness (QED) is 0.212. The predicted octanol–water partition coefficient (Wildman–Crippen LogP) is 8.41. The van der Waals surface area contributed by atoms with Crippen molar-refractivity contribution in [1.29, 1.82) is 0 Å². The van der Waals surface area contributed by atoms with Crippen LogP contribution in [-0.2, 0) is 26.2 Å². The van der Waals surface area contributed by atoms with Gasteiger partial charge in [0.05, 0.1) is 0 Å². The van der Waals surface area contributed by atoms with Crippen LogP contribution in [0.5, 0.6) is 0 Å². The van der Waals surface area contributed by atoms with Crippen molar-refractivity contribution in [3.05, 3.63) is 58.8 Å². The molecule has 0 amide bonds. The zero-order chi connectivity index (χ0) is 21.7. The average molecular weight is 483 g/mol. The van der Waals surface area contributed by atoms with E-state index in [9.17, 15) is 0 Å². The Morgan fingerprint density at radius 2 is 0.759 bits per heavy atom. The van der Waals surface area contributed by atoms with E-state index in [-0.39, 0.29) is 26.2 Å². The first-order valence-electron chi connectivity index (χ1n) is 11.4. The van der Waals surface area contributed by atoms with E-state index in [0.29, 0.717) is 0 Å². The minimum atomic E-state index is 0. The molecular formula is C25H49N3Zr. The van der Waals surface area contributed by atoms with Crippen molar-refractivity contribution in [2.75, 3.05) is 39.3 Å². The predicted molar refractivity (Wildman–Crippen MR) is 132 cm³/mol. The fourth-order valence-electron chi connectivity index (χ4n) is 1.76. The first-order chi connectivity index (χ1) is 13.6. The van der Waals surface area contributed by atoms with Gasteiger partial charge in [-0.1, -0.05) is 86.1 Å². The fourth-order valence-corrected chi connectivity index (χ4v) is 1.76. The second-order valence-corrected chi connectivity index (χ2v) is 6.50. The first-order valence-corrected chi connectivity index (χ1v) is 11.4. The monoisotopic (exact) mass is 481 g/mol. The summed E-state index contributed by atoms with van der Waals surface area (Å²) in [5.41, 5.74) is 1.07. The molecule has 0 aliphatic rings. The molecular weight excluding hydrogens is 434 g/mol. The van der Waals surface area contributed by atoms with Gasteiger partial charge in [0.15, 0.2) is 0 Å². The summed E-state index contributed by atoms with van der Waals surface area (Å²) in [5.74, 6) is 0. The van der Waals surface area contributed by atoms with E-state index in [4.69, 9.17) is 0 Å². The Balaban J connectivity index is -0.000000142. The summed E-state index contributed by atoms with van der Waals surface area (Å²) in [5, 5.41) is 12.6. The molecule has 0 saturated carbocycles. The maximum absolute atomic E-state index is 4.21. The Bertz CT molecular complexity index is 298. The second kappa shape index (κ2) is 38.5. The summed E-state index contributed by atoms with van der Waals surface area (Å²) < 4.78 is 0. The minimum absolute atomic E-state index is 0. The third kappa shape index (κ3) is 47.2. The summed E-state index contributed by atoms with van der Waals surface area (Å²) in [7, 11) is 0. The Kier molecular flexibility index (Phi) is 48.1. The molecule has 168 valence electrons. The van der Waals surface area contributed by atoms with Crippen molar-refractivity contribution in [1.82, 2.24) is 0 Å². The Morgan fingerprint density at radius 1 is 0.517 bits per heavy atom. The van der Waals surface area contributed by atoms with Gasteiger partial charge in [0.1, 0.15) is 0 Å². The number of hydrogen-bond donors (Lipinski definition) is 0. The molecule has 1 aromatic rings. The van der Waals surface area contributed by atoms with E-state index < -0.39 is 0 Å². The number of benzene rings is 1. The molecule has 0 bridgehead atoms. The van der Waals surface area contributed by atoms with Crippen molar-refractivity contribution >= 4 is 0 Å². The van der Waals surface area contributed by atoms with Crippen molar-refractivity contribution in [2.45, 2.75) is 80.1 Å². The van der Waals surface area contributed by atoms with Gasteiger partial charge in [-0.3, -0.25) is 0 Å². The molecule has 0 unspecified atom stereocenters. The molecule has 0 N–H and O–H groups in total. The molecule has 29 heavy (non-hydrogen) atoms. The maximum atomic E-state index is 4.21. The smallest absolute Gasteiger partial charge is 0.662 e. The molecule has 1 aromatic carbocycles. The van der Waals surface area contributed by atoms with E-state index in [2.05, 4.69) is 64.4 Å². The summed E-state index contributed by atoms with van der Waals surface area (Å²) in [4.78, 5) is 0. The van der Waals surface area contributed by atoms with Crippen LogP contribution in [0.2, 0.25) is 0 Å². The normalized spacial score (nSPS) is 8.90. The van der Waals surface area contributed by atoms with Gasteiger partial charge in [-0.15, -0.1) is 51.4 Å². The summed E-state index contributed by atoms with van der Waals surface area (Å²) in [6.07, 6.45) is 7.17. The fraction of sp³-hybridized carbons (Fsp3) is 0.720. The number of rotatable bonds is 12. The zero-order valence-corrected chi connectivity index (χ0v) is 22.9. The average Bonchev–Trinajstić information content (AvgIpc) is 2.71. The Morgan fingerprint density at radius 3 is 0.897 bits per heavy atom. The molecule has 0 aromatic heterocycles. The van der Waals surface area contributed by atoms with Crippen LogP contribution in [0, 0.1) is 6.92 Å². The number of hydrogen-bond acceptors (Lipinski definition) is 0. The van der Waals surface area contributed by atoms with Gasteiger partial charge in [0.25, 0.3) is 0 Å². The van der Waals surface area contributed by atoms with Crippen LogP contribution in [0.4, 0.5) is 0 Å². The molecule has 1 rings (SSSR count). The molecule has 0 heterocycles. The van der Waals surface area contributed by atoms with E-state index in [0.717, 1.165) is 44.8 Å². The minimum Gasteiger partial charge on any atom is -0.662 e. The standard InChI is InChI=1S/C7H7.3C6H14N.Zr/c1-7-5-3-2-4-6-7;3*1-3-5-7-6-4-2;/h2-6H,1H2;3*3-6H2,1-2H3;/q4*-1;+4. The summed E-state index contributed by atoms with van der Waals surface area (Å²) in [6.45, 7) is 22.9. The van der Waals surface area contributed by atoms with Crippen LogP contribution in [0.15, 0.2) is 30.3 Å². The summed E-state index contributed by atoms with van der Waals surface area (Å²) >= 11 is 0. The van der Waals surface area contributed by atoms with Gasteiger partial charge in [-0.25, -0.2) is 0 Å². The van der Waals surface area contributed by atoms with Crippen LogP contribution in [0.1, 0.15) is 85.6 Å². The topological polar surface area (TPSA) is 42.3 Å². The van der Waals surface area contributed by atoms with Crippen LogP contribution >= 0.6 is 0 Å². The molecule has 0 aliphatic carbocycles. The molecule has 0 saturated heterocycles. The maximum Gasteiger partial charge on any atom is 4.00 e. The first kappa shape index (κ1) is 36.2. The van der Waals surface area contributed by atoms with Gasteiger partial charge < -0.3 is 16.0 Å². The van der Waals surface area contributed by atoms with Gasteiger partial charge >= 0.3 is 26.2 Å². The molecule has 4 heteroatoms. The van der Waals surface area contributed by atoms with Crippen LogP contribution in [-0.4, -0.2) is 39.3 Å². The van der Waals surface area contributed by atoms with Crippen LogP contribution in [0.3, 0.4) is 0 Å². The molecule has 0 radical (unpaired) electrons. The summed E-state index contributed by atoms with van der Waals surface area (Å²) in [6, 6.07) is 9.87. The molecule has 0 fully saturated rings. The van der Waals surface area contributed by atoms with E-state index in [1.54, 1.807) is 0 Å². The molecule has 3 nitrogen and oxygen atoms in total. The largest absolute Gasteiger partial charge is 4.00 e. The van der Waals surface area contributed by atoms with Crippen LogP contribution in [0.25, 0.3) is 16.0 Å². The van der Waals surface area contributed by atoms with Gasteiger partial charge in [0, 0.05) is 0 Å². The van der Waals surface area contributed by atoms with E-state index in [1.165, 1.54) is 38.5 Å². The third-order valence-electron chi connectivity index (χ3n) is 3.13. The van der Waals surface area contributed by atoms with Crippen molar-refractivity contribution in [2.24, 2.45) is 0 Å². The second-order valence-electron chi connectivity index (χ2n) is 6.50. The number of nitrogens with zero attached hydrogens (tertiary/aromatic N) is 3.